The normalized spacial score (nSPS) is 17.2. The highest BCUT2D eigenvalue weighted by Gasteiger charge is 2.40. The Bertz CT molecular complexity index is 1320. The van der Waals surface area contributed by atoms with E-state index >= 15 is 0 Å². The van der Waals surface area contributed by atoms with E-state index in [0.29, 0.717) is 41.9 Å². The second kappa shape index (κ2) is 7.53. The lowest BCUT2D eigenvalue weighted by Crippen LogP contribution is -2.48. The molecule has 3 amide bonds. The molecule has 1 atom stereocenters. The van der Waals surface area contributed by atoms with Crippen LogP contribution >= 0.6 is 0 Å². The third kappa shape index (κ3) is 3.97. The van der Waals surface area contributed by atoms with Gasteiger partial charge in [0.25, 0.3) is 5.91 Å². The predicted octanol–water partition coefficient (Wildman–Crippen LogP) is 2.17. The summed E-state index contributed by atoms with van der Waals surface area (Å²) in [5, 5.41) is 4.57. The van der Waals surface area contributed by atoms with Gasteiger partial charge in [0.2, 0.25) is 0 Å². The highest BCUT2D eigenvalue weighted by Crippen LogP contribution is 2.39. The largest absolute Gasteiger partial charge is 0.405 e. The molecule has 0 radical (unpaired) electrons. The van der Waals surface area contributed by atoms with Crippen molar-refractivity contribution in [3.8, 4) is 0 Å². The van der Waals surface area contributed by atoms with Crippen molar-refractivity contribution in [1.82, 2.24) is 20.3 Å². The number of H-pyrrole nitrogens is 2. The Kier molecular flexibility index (Phi) is 4.76. The number of nitrogens with zero attached hydrogens (tertiary/aromatic N) is 3. The van der Waals surface area contributed by atoms with E-state index in [4.69, 9.17) is 0 Å². The van der Waals surface area contributed by atoms with Gasteiger partial charge < -0.3 is 25.5 Å². The Labute approximate surface area is 183 Å². The molecule has 0 saturated carbocycles. The first-order chi connectivity index (χ1) is 15.7. The van der Waals surface area contributed by atoms with Crippen LogP contribution in [0.3, 0.4) is 0 Å². The first kappa shape index (κ1) is 20.8. The molecule has 10 nitrogen and oxygen atoms in total. The van der Waals surface area contributed by atoms with E-state index in [0.717, 1.165) is 0 Å². The second-order valence-corrected chi connectivity index (χ2v) is 7.87. The number of nitrogens with one attached hydrogen (secondary N) is 4. The first-order valence-electron chi connectivity index (χ1n) is 10.1. The third-order valence-electron chi connectivity index (χ3n) is 5.62. The van der Waals surface area contributed by atoms with Crippen LogP contribution in [0.5, 0.6) is 0 Å². The molecule has 13 heteroatoms. The number of hydrogen-bond donors (Lipinski definition) is 4. The summed E-state index contributed by atoms with van der Waals surface area (Å²) in [4.78, 5) is 49.8. The number of benzene rings is 1. The van der Waals surface area contributed by atoms with Crippen molar-refractivity contribution in [1.29, 1.82) is 0 Å². The van der Waals surface area contributed by atoms with Crippen LogP contribution in [0.4, 0.5) is 35.2 Å². The number of hydrogen-bond acceptors (Lipinski definition) is 5. The van der Waals surface area contributed by atoms with Gasteiger partial charge in [-0.25, -0.2) is 14.6 Å². The SMILES string of the molecule is O=C(NCC(F)(F)F)c1ccc2c(n1)N(C(=O)Nc1ccc3[nH]c(=O)[nH]c3c1)C1CCN2C1. The van der Waals surface area contributed by atoms with Gasteiger partial charge in [-0.3, -0.25) is 9.69 Å². The number of aromatic amines is 2. The third-order valence-corrected chi connectivity index (χ3v) is 5.62. The lowest BCUT2D eigenvalue weighted by molar-refractivity contribution is -0.123. The molecule has 172 valence electrons. The van der Waals surface area contributed by atoms with E-state index in [-0.39, 0.29) is 23.2 Å². The van der Waals surface area contributed by atoms with Crippen LogP contribution in [0.25, 0.3) is 11.0 Å². The number of imidazole rings is 1. The highest BCUT2D eigenvalue weighted by molar-refractivity contribution is 6.06. The van der Waals surface area contributed by atoms with Crippen molar-refractivity contribution in [3.05, 3.63) is 46.5 Å². The van der Waals surface area contributed by atoms with Gasteiger partial charge in [-0.1, -0.05) is 0 Å². The van der Waals surface area contributed by atoms with E-state index in [1.54, 1.807) is 29.6 Å². The molecule has 2 aliphatic rings. The van der Waals surface area contributed by atoms with Gasteiger partial charge in [0.15, 0.2) is 5.82 Å². The molecule has 2 aliphatic heterocycles. The molecule has 1 aromatic carbocycles. The van der Waals surface area contributed by atoms with Gasteiger partial charge in [-0.15, -0.1) is 0 Å². The molecule has 1 unspecified atom stereocenters. The van der Waals surface area contributed by atoms with E-state index in [1.807, 2.05) is 4.90 Å². The zero-order valence-electron chi connectivity index (χ0n) is 17.0. The lowest BCUT2D eigenvalue weighted by atomic mass is 10.1. The van der Waals surface area contributed by atoms with Crippen molar-refractivity contribution in [2.75, 3.05) is 34.8 Å². The zero-order valence-corrected chi connectivity index (χ0v) is 17.0. The summed E-state index contributed by atoms with van der Waals surface area (Å²) in [6.45, 7) is -0.224. The topological polar surface area (TPSA) is 126 Å². The Morgan fingerprint density at radius 1 is 1.15 bits per heavy atom. The smallest absolute Gasteiger partial charge is 0.366 e. The minimum Gasteiger partial charge on any atom is -0.366 e. The molecular formula is C20H18F3N7O3. The standard InChI is InChI=1S/C20H18F3N7O3/c21-20(22,23)9-24-17(31)13-3-4-15-16(26-13)30(11-5-6-29(15)8-11)19(33)25-10-1-2-12-14(7-10)28-18(32)27-12/h1-4,7,11H,5-6,8-9H2,(H,24,31)(H,25,33)(H2,27,28,32). The first-order valence-corrected chi connectivity index (χ1v) is 10.1. The van der Waals surface area contributed by atoms with Crippen molar-refractivity contribution in [2.24, 2.45) is 0 Å². The summed E-state index contributed by atoms with van der Waals surface area (Å²) in [6, 6.07) is 7.09. The highest BCUT2D eigenvalue weighted by atomic mass is 19.4. The minimum absolute atomic E-state index is 0.206. The number of pyridine rings is 1. The van der Waals surface area contributed by atoms with Crippen LogP contribution in [0, 0.1) is 0 Å². The summed E-state index contributed by atoms with van der Waals surface area (Å²) < 4.78 is 37.4. The van der Waals surface area contributed by atoms with Crippen LogP contribution in [0.2, 0.25) is 0 Å². The monoisotopic (exact) mass is 461 g/mol. The number of fused-ring (bicyclic) bond motifs is 5. The fraction of sp³-hybridized carbons (Fsp3) is 0.300. The molecule has 4 heterocycles. The minimum atomic E-state index is -4.55. The molecule has 2 bridgehead atoms. The van der Waals surface area contributed by atoms with Crippen LogP contribution in [0.15, 0.2) is 35.1 Å². The number of urea groups is 1. The van der Waals surface area contributed by atoms with Crippen molar-refractivity contribution in [2.45, 2.75) is 18.6 Å². The summed E-state index contributed by atoms with van der Waals surface area (Å²) in [7, 11) is 0. The van der Waals surface area contributed by atoms with Crippen molar-refractivity contribution in [3.63, 3.8) is 0 Å². The van der Waals surface area contributed by atoms with Crippen LogP contribution in [-0.4, -0.2) is 58.7 Å². The van der Waals surface area contributed by atoms with Crippen LogP contribution in [0.1, 0.15) is 16.9 Å². The maximum Gasteiger partial charge on any atom is 0.405 e. The molecule has 5 rings (SSSR count). The van der Waals surface area contributed by atoms with Gasteiger partial charge in [0, 0.05) is 18.8 Å². The lowest BCUT2D eigenvalue weighted by Gasteiger charge is -2.35. The average Bonchev–Trinajstić information content (AvgIpc) is 3.34. The number of amides is 3. The summed E-state index contributed by atoms with van der Waals surface area (Å²) in [5.41, 5.74) is 1.57. The van der Waals surface area contributed by atoms with Gasteiger partial charge >= 0.3 is 17.9 Å². The number of halogens is 3. The van der Waals surface area contributed by atoms with E-state index in [1.165, 1.54) is 11.0 Å². The zero-order chi connectivity index (χ0) is 23.3. The second-order valence-electron chi connectivity index (χ2n) is 7.87. The molecule has 0 spiro atoms. The molecule has 3 aromatic rings. The molecule has 1 saturated heterocycles. The summed E-state index contributed by atoms with van der Waals surface area (Å²) in [6.07, 6.45) is -3.88. The fourth-order valence-electron chi connectivity index (χ4n) is 4.16. The summed E-state index contributed by atoms with van der Waals surface area (Å²) >= 11 is 0. The number of aromatic nitrogens is 3. The number of alkyl halides is 3. The molecule has 33 heavy (non-hydrogen) atoms. The van der Waals surface area contributed by atoms with Crippen LogP contribution in [-0.2, 0) is 0 Å². The maximum absolute atomic E-state index is 13.2. The molecule has 4 N–H and O–H groups in total. The van der Waals surface area contributed by atoms with Crippen molar-refractivity contribution < 1.29 is 22.8 Å². The van der Waals surface area contributed by atoms with Gasteiger partial charge in [0.1, 0.15) is 12.2 Å². The molecule has 2 aromatic heterocycles. The predicted molar refractivity (Wildman–Crippen MR) is 114 cm³/mol. The summed E-state index contributed by atoms with van der Waals surface area (Å²) in [5.74, 6) is -0.776. The molecule has 0 aliphatic carbocycles. The Morgan fingerprint density at radius 2 is 1.94 bits per heavy atom. The number of carbonyl (C=O) groups is 2. The van der Waals surface area contributed by atoms with E-state index in [9.17, 15) is 27.6 Å². The Balaban J connectivity index is 1.43. The van der Waals surface area contributed by atoms with Gasteiger partial charge in [-0.05, 0) is 36.8 Å². The average molecular weight is 461 g/mol. The van der Waals surface area contributed by atoms with Gasteiger partial charge in [-0.2, -0.15) is 13.2 Å². The van der Waals surface area contributed by atoms with Gasteiger partial charge in [0.05, 0.1) is 22.8 Å². The molecule has 1 fully saturated rings. The molecular weight excluding hydrogens is 443 g/mol. The number of carbonyl (C=O) groups excluding carboxylic acids is 2. The fourth-order valence-corrected chi connectivity index (χ4v) is 4.16. The van der Waals surface area contributed by atoms with Crippen LogP contribution < -0.4 is 26.1 Å². The van der Waals surface area contributed by atoms with E-state index < -0.39 is 24.7 Å². The van der Waals surface area contributed by atoms with Crippen molar-refractivity contribution >= 4 is 40.2 Å². The Morgan fingerprint density at radius 3 is 2.73 bits per heavy atom. The Hall–Kier alpha value is -4.03. The maximum atomic E-state index is 13.2. The number of rotatable bonds is 3. The van der Waals surface area contributed by atoms with E-state index in [2.05, 4.69) is 20.3 Å². The number of anilines is 3. The quantitative estimate of drug-likeness (QED) is 0.476.